The number of carbonyl (C=O) groups is 1. The Morgan fingerprint density at radius 1 is 1.50 bits per heavy atom. The largest absolute Gasteiger partial charge is 0.459 e. The van der Waals surface area contributed by atoms with Crippen molar-refractivity contribution in [1.29, 1.82) is 0 Å². The normalized spacial score (nSPS) is 10.9. The molecule has 6 nitrogen and oxygen atoms in total. The molecule has 18 heavy (non-hydrogen) atoms. The fourth-order valence-electron chi connectivity index (χ4n) is 1.67. The van der Waals surface area contributed by atoms with E-state index >= 15 is 0 Å². The standard InChI is InChI=1S/C12H15N3O3/c1-8(2)9-4-5-17-11(9)12(16)15(3)6-10-13-7-18-14-10/h4-5,7-8H,6H2,1-3H3. The third-order valence-electron chi connectivity index (χ3n) is 2.64. The van der Waals surface area contributed by atoms with Crippen LogP contribution in [0.25, 0.3) is 0 Å². The summed E-state index contributed by atoms with van der Waals surface area (Å²) in [5.41, 5.74) is 0.903. The first-order valence-corrected chi connectivity index (χ1v) is 5.67. The van der Waals surface area contributed by atoms with E-state index in [0.29, 0.717) is 11.6 Å². The number of carbonyl (C=O) groups excluding carboxylic acids is 1. The quantitative estimate of drug-likeness (QED) is 0.829. The Morgan fingerprint density at radius 2 is 2.28 bits per heavy atom. The highest BCUT2D eigenvalue weighted by Gasteiger charge is 2.21. The van der Waals surface area contributed by atoms with Gasteiger partial charge in [-0.3, -0.25) is 4.79 Å². The molecule has 0 atom stereocenters. The fourth-order valence-corrected chi connectivity index (χ4v) is 1.67. The van der Waals surface area contributed by atoms with Crippen LogP contribution in [0.3, 0.4) is 0 Å². The van der Waals surface area contributed by atoms with Gasteiger partial charge in [0, 0.05) is 12.6 Å². The highest BCUT2D eigenvalue weighted by atomic mass is 16.5. The van der Waals surface area contributed by atoms with Gasteiger partial charge < -0.3 is 13.8 Å². The van der Waals surface area contributed by atoms with Crippen LogP contribution in [-0.2, 0) is 6.54 Å². The first-order valence-electron chi connectivity index (χ1n) is 5.67. The van der Waals surface area contributed by atoms with Gasteiger partial charge in [-0.25, -0.2) is 0 Å². The van der Waals surface area contributed by atoms with Gasteiger partial charge in [0.15, 0.2) is 11.6 Å². The Kier molecular flexibility index (Phi) is 3.45. The minimum atomic E-state index is -0.187. The number of hydrogen-bond donors (Lipinski definition) is 0. The van der Waals surface area contributed by atoms with Crippen molar-refractivity contribution in [3.63, 3.8) is 0 Å². The van der Waals surface area contributed by atoms with Crippen LogP contribution >= 0.6 is 0 Å². The van der Waals surface area contributed by atoms with Crippen molar-refractivity contribution in [2.24, 2.45) is 0 Å². The second kappa shape index (κ2) is 5.03. The van der Waals surface area contributed by atoms with Crippen LogP contribution in [0.1, 0.15) is 41.7 Å². The molecule has 2 rings (SSSR count). The Balaban J connectivity index is 2.13. The van der Waals surface area contributed by atoms with Gasteiger partial charge in [0.2, 0.25) is 6.39 Å². The maximum absolute atomic E-state index is 12.2. The molecule has 0 aliphatic carbocycles. The Hall–Kier alpha value is -2.11. The van der Waals surface area contributed by atoms with E-state index in [1.807, 2.05) is 19.9 Å². The number of amides is 1. The van der Waals surface area contributed by atoms with Crippen LogP contribution in [0.2, 0.25) is 0 Å². The molecular formula is C12H15N3O3. The molecule has 2 aromatic heterocycles. The van der Waals surface area contributed by atoms with E-state index < -0.39 is 0 Å². The maximum atomic E-state index is 12.2. The molecule has 2 heterocycles. The summed E-state index contributed by atoms with van der Waals surface area (Å²) in [6.07, 6.45) is 2.77. The summed E-state index contributed by atoms with van der Waals surface area (Å²) in [5, 5.41) is 3.67. The van der Waals surface area contributed by atoms with E-state index in [2.05, 4.69) is 14.7 Å². The van der Waals surface area contributed by atoms with Crippen molar-refractivity contribution in [2.75, 3.05) is 7.05 Å². The van der Waals surface area contributed by atoms with Crippen LogP contribution in [0, 0.1) is 0 Å². The molecule has 0 radical (unpaired) electrons. The summed E-state index contributed by atoms with van der Waals surface area (Å²) >= 11 is 0. The molecule has 0 fully saturated rings. The summed E-state index contributed by atoms with van der Waals surface area (Å²) in [7, 11) is 1.67. The molecule has 96 valence electrons. The molecule has 0 unspecified atom stereocenters. The number of nitrogens with zero attached hydrogens (tertiary/aromatic N) is 3. The Bertz CT molecular complexity index is 516. The first kappa shape index (κ1) is 12.3. The van der Waals surface area contributed by atoms with E-state index in [0.717, 1.165) is 5.56 Å². The smallest absolute Gasteiger partial charge is 0.290 e. The summed E-state index contributed by atoms with van der Waals surface area (Å²) < 4.78 is 9.90. The summed E-state index contributed by atoms with van der Waals surface area (Å²) in [5.74, 6) is 0.884. The monoisotopic (exact) mass is 249 g/mol. The van der Waals surface area contributed by atoms with Gasteiger partial charge in [0.05, 0.1) is 12.8 Å². The predicted molar refractivity (Wildman–Crippen MR) is 62.9 cm³/mol. The van der Waals surface area contributed by atoms with Crippen LogP contribution in [0.5, 0.6) is 0 Å². The minimum absolute atomic E-state index is 0.187. The molecule has 0 spiro atoms. The highest BCUT2D eigenvalue weighted by Crippen LogP contribution is 2.21. The summed E-state index contributed by atoms with van der Waals surface area (Å²) in [6.45, 7) is 4.31. The second-order valence-electron chi connectivity index (χ2n) is 4.37. The molecule has 0 saturated heterocycles. The zero-order chi connectivity index (χ0) is 13.1. The summed E-state index contributed by atoms with van der Waals surface area (Å²) in [4.78, 5) is 17.6. The molecule has 6 heteroatoms. The van der Waals surface area contributed by atoms with Crippen LogP contribution in [-0.4, -0.2) is 28.0 Å². The molecule has 1 amide bonds. The van der Waals surface area contributed by atoms with Crippen molar-refractivity contribution in [1.82, 2.24) is 15.0 Å². The first-order chi connectivity index (χ1) is 8.59. The van der Waals surface area contributed by atoms with E-state index in [-0.39, 0.29) is 18.4 Å². The average molecular weight is 249 g/mol. The zero-order valence-electron chi connectivity index (χ0n) is 10.6. The molecule has 2 aromatic rings. The summed E-state index contributed by atoms with van der Waals surface area (Å²) in [6, 6.07) is 1.82. The molecule has 0 aliphatic rings. The molecule has 0 aliphatic heterocycles. The highest BCUT2D eigenvalue weighted by molar-refractivity contribution is 5.92. The van der Waals surface area contributed by atoms with Crippen molar-refractivity contribution in [2.45, 2.75) is 26.3 Å². The number of rotatable bonds is 4. The lowest BCUT2D eigenvalue weighted by Gasteiger charge is -2.15. The zero-order valence-corrected chi connectivity index (χ0v) is 10.6. The SMILES string of the molecule is CC(C)c1ccoc1C(=O)N(C)Cc1ncon1. The second-order valence-corrected chi connectivity index (χ2v) is 4.37. The molecular weight excluding hydrogens is 234 g/mol. The van der Waals surface area contributed by atoms with Crippen LogP contribution in [0.15, 0.2) is 27.7 Å². The van der Waals surface area contributed by atoms with Gasteiger partial charge in [-0.15, -0.1) is 0 Å². The van der Waals surface area contributed by atoms with Crippen LogP contribution in [0.4, 0.5) is 0 Å². The van der Waals surface area contributed by atoms with E-state index in [1.54, 1.807) is 7.05 Å². The van der Waals surface area contributed by atoms with Crippen molar-refractivity contribution in [3.05, 3.63) is 35.9 Å². The number of furan rings is 1. The van der Waals surface area contributed by atoms with Gasteiger partial charge in [-0.05, 0) is 12.0 Å². The van der Waals surface area contributed by atoms with Crippen LogP contribution < -0.4 is 0 Å². The van der Waals surface area contributed by atoms with Crippen molar-refractivity contribution >= 4 is 5.91 Å². The van der Waals surface area contributed by atoms with E-state index in [1.165, 1.54) is 17.6 Å². The number of aromatic nitrogens is 2. The maximum Gasteiger partial charge on any atom is 0.290 e. The minimum Gasteiger partial charge on any atom is -0.459 e. The molecule has 0 bridgehead atoms. The lowest BCUT2D eigenvalue weighted by Crippen LogP contribution is -2.27. The van der Waals surface area contributed by atoms with Gasteiger partial charge in [0.25, 0.3) is 5.91 Å². The fraction of sp³-hybridized carbons (Fsp3) is 0.417. The Labute approximate surface area is 105 Å². The van der Waals surface area contributed by atoms with Gasteiger partial charge >= 0.3 is 0 Å². The molecule has 0 aromatic carbocycles. The van der Waals surface area contributed by atoms with Gasteiger partial charge in [-0.1, -0.05) is 19.0 Å². The third-order valence-corrected chi connectivity index (χ3v) is 2.64. The van der Waals surface area contributed by atoms with Gasteiger partial charge in [-0.2, -0.15) is 4.98 Å². The predicted octanol–water partition coefficient (Wildman–Crippen LogP) is 2.06. The Morgan fingerprint density at radius 3 is 2.89 bits per heavy atom. The van der Waals surface area contributed by atoms with E-state index in [4.69, 9.17) is 4.42 Å². The van der Waals surface area contributed by atoms with Gasteiger partial charge in [0.1, 0.15) is 0 Å². The van der Waals surface area contributed by atoms with Crippen molar-refractivity contribution < 1.29 is 13.7 Å². The van der Waals surface area contributed by atoms with E-state index in [9.17, 15) is 4.79 Å². The topological polar surface area (TPSA) is 72.4 Å². The third kappa shape index (κ3) is 2.42. The lowest BCUT2D eigenvalue weighted by molar-refractivity contribution is 0.0747. The average Bonchev–Trinajstić information content (AvgIpc) is 2.97. The molecule has 0 N–H and O–H groups in total. The molecule has 0 saturated carbocycles. The van der Waals surface area contributed by atoms with Crippen molar-refractivity contribution in [3.8, 4) is 0 Å². The lowest BCUT2D eigenvalue weighted by atomic mass is 10.0. The number of hydrogen-bond acceptors (Lipinski definition) is 5.